The van der Waals surface area contributed by atoms with E-state index in [9.17, 15) is 0 Å². The second kappa shape index (κ2) is 9.14. The average molecular weight is 512 g/mol. The molecule has 0 amide bonds. The monoisotopic (exact) mass is 511 g/mol. The van der Waals surface area contributed by atoms with E-state index in [0.717, 1.165) is 39.0 Å². The Bertz CT molecular complexity index is 2160. The van der Waals surface area contributed by atoms with Crippen LogP contribution in [0.15, 0.2) is 156 Å². The van der Waals surface area contributed by atoms with E-state index in [1.807, 2.05) is 0 Å². The van der Waals surface area contributed by atoms with Crippen LogP contribution in [0.2, 0.25) is 0 Å². The van der Waals surface area contributed by atoms with Gasteiger partial charge in [0.05, 0.1) is 5.69 Å². The maximum atomic E-state index is 6.61. The molecule has 8 rings (SSSR count). The molecular formula is C38H25NO. The zero-order valence-corrected chi connectivity index (χ0v) is 21.8. The summed E-state index contributed by atoms with van der Waals surface area (Å²) in [5.74, 6) is 0. The fourth-order valence-corrected chi connectivity index (χ4v) is 5.91. The molecule has 0 aliphatic heterocycles. The van der Waals surface area contributed by atoms with Crippen LogP contribution in [0.3, 0.4) is 0 Å². The summed E-state index contributed by atoms with van der Waals surface area (Å²) in [6.45, 7) is 0. The number of para-hydroxylation sites is 2. The highest BCUT2D eigenvalue weighted by Crippen LogP contribution is 2.43. The predicted octanol–water partition coefficient (Wildman–Crippen LogP) is 11.0. The topological polar surface area (TPSA) is 16.4 Å². The van der Waals surface area contributed by atoms with Crippen molar-refractivity contribution in [2.75, 3.05) is 4.90 Å². The molecule has 0 radical (unpaired) electrons. The molecule has 0 aliphatic carbocycles. The largest absolute Gasteiger partial charge is 0.454 e. The average Bonchev–Trinajstić information content (AvgIpc) is 3.42. The lowest BCUT2D eigenvalue weighted by molar-refractivity contribution is 0.669. The van der Waals surface area contributed by atoms with Gasteiger partial charge in [-0.05, 0) is 75.1 Å². The van der Waals surface area contributed by atoms with Crippen LogP contribution >= 0.6 is 0 Å². The van der Waals surface area contributed by atoms with Gasteiger partial charge in [0.1, 0.15) is 5.58 Å². The minimum Gasteiger partial charge on any atom is -0.454 e. The number of benzene rings is 7. The first kappa shape index (κ1) is 22.6. The highest BCUT2D eigenvalue weighted by atomic mass is 16.3. The van der Waals surface area contributed by atoms with Gasteiger partial charge in [0.2, 0.25) is 0 Å². The van der Waals surface area contributed by atoms with Gasteiger partial charge >= 0.3 is 0 Å². The lowest BCUT2D eigenvalue weighted by Gasteiger charge is -2.25. The van der Waals surface area contributed by atoms with Gasteiger partial charge in [-0.25, -0.2) is 0 Å². The molecule has 0 atom stereocenters. The molecular weight excluding hydrogens is 486 g/mol. The van der Waals surface area contributed by atoms with E-state index in [1.165, 1.54) is 32.7 Å². The number of rotatable bonds is 4. The SMILES string of the molecule is c1ccc(N(c2ccc(-c3ccc4ccccc4c3)cc2)c2cccc3c2oc2ccc4ccccc4c23)cc1. The lowest BCUT2D eigenvalue weighted by atomic mass is 10.0. The summed E-state index contributed by atoms with van der Waals surface area (Å²) < 4.78 is 6.61. The van der Waals surface area contributed by atoms with Crippen molar-refractivity contribution in [3.8, 4) is 11.1 Å². The highest BCUT2D eigenvalue weighted by Gasteiger charge is 2.20. The van der Waals surface area contributed by atoms with Gasteiger partial charge in [-0.15, -0.1) is 0 Å². The first-order valence-electron chi connectivity index (χ1n) is 13.6. The molecule has 2 heteroatoms. The highest BCUT2D eigenvalue weighted by molar-refractivity contribution is 6.20. The van der Waals surface area contributed by atoms with Crippen LogP contribution in [0.4, 0.5) is 17.1 Å². The molecule has 2 nitrogen and oxygen atoms in total. The second-order valence-electron chi connectivity index (χ2n) is 10.2. The summed E-state index contributed by atoms with van der Waals surface area (Å²) >= 11 is 0. The molecule has 188 valence electrons. The fourth-order valence-electron chi connectivity index (χ4n) is 5.91. The molecule has 1 aromatic heterocycles. The third-order valence-electron chi connectivity index (χ3n) is 7.83. The van der Waals surface area contributed by atoms with Crippen LogP contribution in [0.25, 0.3) is 54.6 Å². The predicted molar refractivity (Wildman–Crippen MR) is 169 cm³/mol. The standard InChI is InChI=1S/C38H25NO/c1-2-12-31(13-3-1)39(32-22-19-27(20-23-32)30-18-17-26-9-4-5-11-29(26)25-30)35-16-8-15-34-37-33-14-7-6-10-28(33)21-24-36(37)40-38(34)35/h1-25H. The quantitative estimate of drug-likeness (QED) is 0.234. The van der Waals surface area contributed by atoms with Crippen LogP contribution < -0.4 is 4.90 Å². The van der Waals surface area contributed by atoms with Gasteiger partial charge < -0.3 is 9.32 Å². The third-order valence-corrected chi connectivity index (χ3v) is 7.83. The summed E-state index contributed by atoms with van der Waals surface area (Å²) in [4.78, 5) is 2.29. The maximum absolute atomic E-state index is 6.61. The number of fused-ring (bicyclic) bond motifs is 6. The van der Waals surface area contributed by atoms with Gasteiger partial charge in [-0.2, -0.15) is 0 Å². The Morgan fingerprint density at radius 3 is 1.93 bits per heavy atom. The molecule has 7 aromatic carbocycles. The van der Waals surface area contributed by atoms with Crippen molar-refractivity contribution >= 4 is 60.5 Å². The molecule has 8 aromatic rings. The smallest absolute Gasteiger partial charge is 0.159 e. The number of hydrogen-bond donors (Lipinski definition) is 0. The number of furan rings is 1. The molecule has 0 aliphatic rings. The van der Waals surface area contributed by atoms with Crippen LogP contribution in [-0.2, 0) is 0 Å². The van der Waals surface area contributed by atoms with Gasteiger partial charge in [-0.3, -0.25) is 0 Å². The van der Waals surface area contributed by atoms with Crippen LogP contribution in [0.5, 0.6) is 0 Å². The molecule has 0 N–H and O–H groups in total. The van der Waals surface area contributed by atoms with Crippen molar-refractivity contribution in [3.05, 3.63) is 152 Å². The van der Waals surface area contributed by atoms with E-state index in [4.69, 9.17) is 4.42 Å². The Morgan fingerprint density at radius 2 is 1.07 bits per heavy atom. The number of nitrogens with zero attached hydrogens (tertiary/aromatic N) is 1. The van der Waals surface area contributed by atoms with Gasteiger partial charge in [0, 0.05) is 22.1 Å². The Hall–Kier alpha value is -5.34. The van der Waals surface area contributed by atoms with E-state index in [-0.39, 0.29) is 0 Å². The van der Waals surface area contributed by atoms with E-state index in [1.54, 1.807) is 0 Å². The normalized spacial score (nSPS) is 11.5. The Morgan fingerprint density at radius 1 is 0.425 bits per heavy atom. The fraction of sp³-hybridized carbons (Fsp3) is 0. The van der Waals surface area contributed by atoms with Crippen LogP contribution in [0.1, 0.15) is 0 Å². The van der Waals surface area contributed by atoms with E-state index >= 15 is 0 Å². The van der Waals surface area contributed by atoms with Crippen molar-refractivity contribution in [1.82, 2.24) is 0 Å². The first-order chi connectivity index (χ1) is 19.8. The van der Waals surface area contributed by atoms with Crippen molar-refractivity contribution in [1.29, 1.82) is 0 Å². The summed E-state index contributed by atoms with van der Waals surface area (Å²) in [6, 6.07) is 53.7. The van der Waals surface area contributed by atoms with Gasteiger partial charge in [-0.1, -0.05) is 109 Å². The van der Waals surface area contributed by atoms with E-state index in [2.05, 4.69) is 157 Å². The zero-order chi connectivity index (χ0) is 26.5. The summed E-state index contributed by atoms with van der Waals surface area (Å²) in [5, 5.41) is 7.21. The molecule has 0 saturated heterocycles. The molecule has 0 bridgehead atoms. The third kappa shape index (κ3) is 3.65. The molecule has 1 heterocycles. The molecule has 0 fully saturated rings. The minimum atomic E-state index is 0.885. The van der Waals surface area contributed by atoms with Crippen molar-refractivity contribution in [3.63, 3.8) is 0 Å². The Labute approximate surface area is 232 Å². The maximum Gasteiger partial charge on any atom is 0.159 e. The summed E-state index contributed by atoms with van der Waals surface area (Å²) in [6.07, 6.45) is 0. The summed E-state index contributed by atoms with van der Waals surface area (Å²) in [7, 11) is 0. The minimum absolute atomic E-state index is 0.885. The number of anilines is 3. The molecule has 0 spiro atoms. The first-order valence-corrected chi connectivity index (χ1v) is 13.6. The Kier molecular flexibility index (Phi) is 5.17. The lowest BCUT2D eigenvalue weighted by Crippen LogP contribution is -2.10. The van der Waals surface area contributed by atoms with E-state index in [0.29, 0.717) is 0 Å². The second-order valence-corrected chi connectivity index (χ2v) is 10.2. The molecule has 0 saturated carbocycles. The summed E-state index contributed by atoms with van der Waals surface area (Å²) in [5.41, 5.74) is 7.37. The van der Waals surface area contributed by atoms with Gasteiger partial charge in [0.25, 0.3) is 0 Å². The van der Waals surface area contributed by atoms with Crippen molar-refractivity contribution in [2.45, 2.75) is 0 Å². The Balaban J connectivity index is 1.30. The number of hydrogen-bond acceptors (Lipinski definition) is 2. The van der Waals surface area contributed by atoms with Gasteiger partial charge in [0.15, 0.2) is 5.58 Å². The molecule has 40 heavy (non-hydrogen) atoms. The zero-order valence-electron chi connectivity index (χ0n) is 21.8. The van der Waals surface area contributed by atoms with E-state index < -0.39 is 0 Å². The van der Waals surface area contributed by atoms with Crippen molar-refractivity contribution in [2.24, 2.45) is 0 Å². The molecule has 0 unspecified atom stereocenters. The van der Waals surface area contributed by atoms with Crippen molar-refractivity contribution < 1.29 is 4.42 Å². The van der Waals surface area contributed by atoms with Crippen LogP contribution in [0, 0.1) is 0 Å². The van der Waals surface area contributed by atoms with Crippen LogP contribution in [-0.4, -0.2) is 0 Å².